The number of benzene rings is 1. The molecule has 3 rings (SSSR count). The molecule has 1 aliphatic rings. The third kappa shape index (κ3) is 4.09. The van der Waals surface area contributed by atoms with E-state index in [2.05, 4.69) is 41.9 Å². The zero-order valence-corrected chi connectivity index (χ0v) is 13.9. The number of hydrogen-bond donors (Lipinski definition) is 1. The molecule has 1 aromatic heterocycles. The number of alkyl halides is 2. The summed E-state index contributed by atoms with van der Waals surface area (Å²) < 4.78 is 25.0. The average Bonchev–Trinajstić information content (AvgIpc) is 2.73. The molecular weight excluding hydrogens is 296 g/mol. The van der Waals surface area contributed by atoms with E-state index in [1.165, 1.54) is 27.7 Å². The van der Waals surface area contributed by atoms with Gasteiger partial charge in [0.15, 0.2) is 0 Å². The summed E-state index contributed by atoms with van der Waals surface area (Å²) in [7, 11) is 0. The van der Waals surface area contributed by atoms with E-state index in [9.17, 15) is 8.78 Å². The van der Waals surface area contributed by atoms with Crippen molar-refractivity contribution in [3.05, 3.63) is 35.0 Å². The molecule has 1 N–H and O–H groups in total. The minimum absolute atomic E-state index is 0.0985. The number of rotatable bonds is 4. The lowest BCUT2D eigenvalue weighted by Gasteiger charge is -2.21. The number of hydrogen-bond acceptors (Lipinski definition) is 2. The van der Waals surface area contributed by atoms with Crippen LogP contribution in [0.4, 0.5) is 8.78 Å². The predicted molar refractivity (Wildman–Crippen MR) is 90.1 cm³/mol. The minimum atomic E-state index is -2.23. The monoisotopic (exact) mass is 321 g/mol. The fraction of sp³-hybridized carbons (Fsp3) is 0.556. The van der Waals surface area contributed by atoms with Crippen molar-refractivity contribution >= 4 is 10.9 Å². The van der Waals surface area contributed by atoms with Crippen LogP contribution in [0.2, 0.25) is 0 Å². The van der Waals surface area contributed by atoms with Crippen LogP contribution in [0.3, 0.4) is 0 Å². The third-order valence-corrected chi connectivity index (χ3v) is 4.62. The Morgan fingerprint density at radius 2 is 1.78 bits per heavy atom. The summed E-state index contributed by atoms with van der Waals surface area (Å²) in [6.07, 6.45) is -1.29. The summed E-state index contributed by atoms with van der Waals surface area (Å²) in [5.74, 6) is 0. The van der Waals surface area contributed by atoms with Gasteiger partial charge in [0.25, 0.3) is 6.43 Å². The number of halogens is 2. The summed E-state index contributed by atoms with van der Waals surface area (Å²) in [4.78, 5) is 7.75. The van der Waals surface area contributed by atoms with Crippen molar-refractivity contribution in [3.63, 3.8) is 0 Å². The van der Waals surface area contributed by atoms with Gasteiger partial charge in [-0.25, -0.2) is 8.78 Å². The van der Waals surface area contributed by atoms with Gasteiger partial charge in [0.2, 0.25) is 0 Å². The molecule has 0 radical (unpaired) electrons. The molecule has 0 spiro atoms. The fourth-order valence-corrected chi connectivity index (χ4v) is 3.54. The van der Waals surface area contributed by atoms with Crippen LogP contribution in [0.25, 0.3) is 10.9 Å². The van der Waals surface area contributed by atoms with Crippen LogP contribution in [-0.4, -0.2) is 53.9 Å². The number of aromatic nitrogens is 1. The number of H-pyrrole nitrogens is 1. The van der Waals surface area contributed by atoms with Crippen molar-refractivity contribution in [2.75, 3.05) is 32.7 Å². The maximum Gasteiger partial charge on any atom is 0.251 e. The van der Waals surface area contributed by atoms with E-state index >= 15 is 0 Å². The highest BCUT2D eigenvalue weighted by atomic mass is 19.3. The third-order valence-electron chi connectivity index (χ3n) is 4.62. The zero-order chi connectivity index (χ0) is 16.4. The number of nitrogens with zero attached hydrogens (tertiary/aromatic N) is 2. The Labute approximate surface area is 136 Å². The van der Waals surface area contributed by atoms with Gasteiger partial charge in [-0.2, -0.15) is 0 Å². The van der Waals surface area contributed by atoms with Crippen molar-refractivity contribution < 1.29 is 8.78 Å². The van der Waals surface area contributed by atoms with E-state index in [4.69, 9.17) is 0 Å². The highest BCUT2D eigenvalue weighted by Gasteiger charge is 2.18. The van der Waals surface area contributed by atoms with Crippen molar-refractivity contribution in [3.8, 4) is 0 Å². The summed E-state index contributed by atoms with van der Waals surface area (Å²) in [5, 5.41) is 1.28. The van der Waals surface area contributed by atoms with E-state index in [1.807, 2.05) is 4.90 Å². The molecule has 0 atom stereocenters. The van der Waals surface area contributed by atoms with E-state index in [1.54, 1.807) is 0 Å². The Kier molecular flexibility index (Phi) is 4.97. The second-order valence-corrected chi connectivity index (χ2v) is 6.66. The molecule has 23 heavy (non-hydrogen) atoms. The van der Waals surface area contributed by atoms with Crippen LogP contribution < -0.4 is 0 Å². The van der Waals surface area contributed by atoms with Crippen LogP contribution >= 0.6 is 0 Å². The molecular formula is C18H25F2N3. The van der Waals surface area contributed by atoms with Gasteiger partial charge < -0.3 is 4.98 Å². The van der Waals surface area contributed by atoms with Gasteiger partial charge in [-0.3, -0.25) is 9.80 Å². The average molecular weight is 321 g/mol. The summed E-state index contributed by atoms with van der Waals surface area (Å²) in [6.45, 7) is 8.32. The topological polar surface area (TPSA) is 22.3 Å². The van der Waals surface area contributed by atoms with Crippen LogP contribution in [-0.2, 0) is 6.54 Å². The van der Waals surface area contributed by atoms with E-state index < -0.39 is 6.43 Å². The molecule has 0 unspecified atom stereocenters. The molecule has 1 fully saturated rings. The van der Waals surface area contributed by atoms with Crippen molar-refractivity contribution in [1.82, 2.24) is 14.8 Å². The number of fused-ring (bicyclic) bond motifs is 1. The molecule has 126 valence electrons. The Morgan fingerprint density at radius 3 is 2.57 bits per heavy atom. The highest BCUT2D eigenvalue weighted by molar-refractivity contribution is 5.84. The first-order valence-electron chi connectivity index (χ1n) is 8.33. The first-order chi connectivity index (χ1) is 11.0. The van der Waals surface area contributed by atoms with Crippen LogP contribution in [0.15, 0.2) is 18.2 Å². The second kappa shape index (κ2) is 6.97. The molecule has 0 aliphatic carbocycles. The van der Waals surface area contributed by atoms with Crippen molar-refractivity contribution in [2.24, 2.45) is 0 Å². The van der Waals surface area contributed by atoms with Crippen LogP contribution in [0, 0.1) is 13.8 Å². The summed E-state index contributed by atoms with van der Waals surface area (Å²) >= 11 is 0. The minimum Gasteiger partial charge on any atom is -0.357 e. The number of nitrogens with one attached hydrogen (secondary N) is 1. The molecule has 2 heterocycles. The van der Waals surface area contributed by atoms with Crippen LogP contribution in [0.5, 0.6) is 0 Å². The van der Waals surface area contributed by atoms with E-state index in [-0.39, 0.29) is 6.54 Å². The predicted octanol–water partition coefficient (Wildman–Crippen LogP) is 3.56. The lowest BCUT2D eigenvalue weighted by Crippen LogP contribution is -2.33. The summed E-state index contributed by atoms with van der Waals surface area (Å²) in [5.41, 5.74) is 4.95. The van der Waals surface area contributed by atoms with Gasteiger partial charge in [-0.05, 0) is 56.6 Å². The quantitative estimate of drug-likeness (QED) is 0.930. The van der Waals surface area contributed by atoms with Crippen molar-refractivity contribution in [1.29, 1.82) is 0 Å². The maximum absolute atomic E-state index is 12.5. The highest BCUT2D eigenvalue weighted by Crippen LogP contribution is 2.22. The lowest BCUT2D eigenvalue weighted by atomic mass is 10.1. The van der Waals surface area contributed by atoms with Gasteiger partial charge in [-0.15, -0.1) is 0 Å². The molecule has 0 saturated carbocycles. The standard InChI is InChI=1S/C18H25F2N3/c1-13-8-14(2)16-10-15(21-17(16)9-13)11-22-4-3-5-23(7-6-22)12-18(19)20/h8-10,18,21H,3-7,11-12H2,1-2H3. The van der Waals surface area contributed by atoms with E-state index in [0.29, 0.717) is 0 Å². The molecule has 1 aromatic carbocycles. The molecule has 3 nitrogen and oxygen atoms in total. The molecule has 2 aromatic rings. The van der Waals surface area contributed by atoms with Gasteiger partial charge in [0.1, 0.15) is 0 Å². The SMILES string of the molecule is Cc1cc(C)c2cc(CN3CCCN(CC(F)F)CC3)[nH]c2c1. The fourth-order valence-electron chi connectivity index (χ4n) is 3.54. The smallest absolute Gasteiger partial charge is 0.251 e. The number of aromatic amines is 1. The first kappa shape index (κ1) is 16.4. The summed E-state index contributed by atoms with van der Waals surface area (Å²) in [6, 6.07) is 6.61. The molecule has 5 heteroatoms. The van der Waals surface area contributed by atoms with E-state index in [0.717, 1.165) is 39.1 Å². The van der Waals surface area contributed by atoms with Gasteiger partial charge in [0, 0.05) is 36.2 Å². The molecule has 0 bridgehead atoms. The Morgan fingerprint density at radius 1 is 1.04 bits per heavy atom. The van der Waals surface area contributed by atoms with Crippen LogP contribution in [0.1, 0.15) is 23.2 Å². The van der Waals surface area contributed by atoms with Gasteiger partial charge in [0.05, 0.1) is 6.54 Å². The maximum atomic E-state index is 12.5. The Bertz CT molecular complexity index is 666. The lowest BCUT2D eigenvalue weighted by molar-refractivity contribution is 0.0897. The van der Waals surface area contributed by atoms with Gasteiger partial charge in [-0.1, -0.05) is 6.07 Å². The number of aryl methyl sites for hydroxylation is 2. The molecule has 1 aliphatic heterocycles. The Balaban J connectivity index is 1.66. The molecule has 0 amide bonds. The first-order valence-corrected chi connectivity index (χ1v) is 8.33. The largest absolute Gasteiger partial charge is 0.357 e. The van der Waals surface area contributed by atoms with Crippen molar-refractivity contribution in [2.45, 2.75) is 33.2 Å². The zero-order valence-electron chi connectivity index (χ0n) is 13.9. The van der Waals surface area contributed by atoms with Gasteiger partial charge >= 0.3 is 0 Å². The Hall–Kier alpha value is -1.46. The molecule has 1 saturated heterocycles. The normalized spacial score (nSPS) is 18.0. The second-order valence-electron chi connectivity index (χ2n) is 6.66.